The van der Waals surface area contributed by atoms with E-state index in [0.717, 1.165) is 0 Å². The Bertz CT molecular complexity index is 325. The van der Waals surface area contributed by atoms with E-state index in [9.17, 15) is 5.11 Å². The number of aliphatic hydroxyl groups is 1. The van der Waals surface area contributed by atoms with E-state index < -0.39 is 5.60 Å². The Labute approximate surface area is 101 Å². The highest BCUT2D eigenvalue weighted by atomic mass is 35.5. The first-order chi connectivity index (χ1) is 7.39. The Morgan fingerprint density at radius 2 is 2.19 bits per heavy atom. The molecule has 0 saturated carbocycles. The third kappa shape index (κ3) is 4.79. The SMILES string of the molecule is CN(C)CC(C)(O)CNc1ccc(Cl)cn1. The number of halogens is 1. The van der Waals surface area contributed by atoms with E-state index in [0.29, 0.717) is 23.9 Å². The van der Waals surface area contributed by atoms with Gasteiger partial charge in [0.15, 0.2) is 0 Å². The van der Waals surface area contributed by atoms with Crippen LogP contribution in [0, 0.1) is 0 Å². The minimum absolute atomic E-state index is 0.444. The van der Waals surface area contributed by atoms with Gasteiger partial charge in [0.1, 0.15) is 5.82 Å². The van der Waals surface area contributed by atoms with E-state index in [2.05, 4.69) is 10.3 Å². The molecule has 0 amide bonds. The largest absolute Gasteiger partial charge is 0.387 e. The van der Waals surface area contributed by atoms with Crippen LogP contribution in [0.5, 0.6) is 0 Å². The molecule has 90 valence electrons. The second-order valence-corrected chi connectivity index (χ2v) is 4.89. The number of pyridine rings is 1. The van der Waals surface area contributed by atoms with Crippen LogP contribution in [0.1, 0.15) is 6.92 Å². The first kappa shape index (κ1) is 13.2. The van der Waals surface area contributed by atoms with Gasteiger partial charge in [0.2, 0.25) is 0 Å². The monoisotopic (exact) mass is 243 g/mol. The van der Waals surface area contributed by atoms with E-state index in [4.69, 9.17) is 11.6 Å². The quantitative estimate of drug-likeness (QED) is 0.822. The summed E-state index contributed by atoms with van der Waals surface area (Å²) < 4.78 is 0. The van der Waals surface area contributed by atoms with Crippen molar-refractivity contribution in [1.29, 1.82) is 0 Å². The molecule has 0 aromatic carbocycles. The van der Waals surface area contributed by atoms with E-state index in [1.54, 1.807) is 25.3 Å². The van der Waals surface area contributed by atoms with Crippen LogP contribution in [0.25, 0.3) is 0 Å². The standard InChI is InChI=1S/C11H18ClN3O/c1-11(16,8-15(2)3)7-14-10-5-4-9(12)6-13-10/h4-6,16H,7-8H2,1-3H3,(H,13,14). The minimum Gasteiger partial charge on any atom is -0.387 e. The van der Waals surface area contributed by atoms with Crippen molar-refractivity contribution >= 4 is 17.4 Å². The molecule has 1 heterocycles. The van der Waals surface area contributed by atoms with Crippen molar-refractivity contribution in [2.45, 2.75) is 12.5 Å². The van der Waals surface area contributed by atoms with Crippen molar-refractivity contribution in [3.63, 3.8) is 0 Å². The zero-order valence-corrected chi connectivity index (χ0v) is 10.6. The molecule has 1 atom stereocenters. The zero-order valence-electron chi connectivity index (χ0n) is 9.87. The summed E-state index contributed by atoms with van der Waals surface area (Å²) in [4.78, 5) is 6.03. The lowest BCUT2D eigenvalue weighted by atomic mass is 10.1. The molecule has 5 heteroatoms. The molecule has 0 bridgehead atoms. The third-order valence-corrected chi connectivity index (χ3v) is 2.26. The van der Waals surface area contributed by atoms with Crippen LogP contribution in [-0.2, 0) is 0 Å². The highest BCUT2D eigenvalue weighted by molar-refractivity contribution is 6.30. The summed E-state index contributed by atoms with van der Waals surface area (Å²) in [6, 6.07) is 3.55. The average Bonchev–Trinajstić information content (AvgIpc) is 2.15. The summed E-state index contributed by atoms with van der Waals surface area (Å²) in [5.41, 5.74) is -0.787. The normalized spacial score (nSPS) is 14.9. The molecule has 2 N–H and O–H groups in total. The zero-order chi connectivity index (χ0) is 12.2. The molecule has 4 nitrogen and oxygen atoms in total. The second kappa shape index (κ2) is 5.48. The van der Waals surface area contributed by atoms with Gasteiger partial charge < -0.3 is 15.3 Å². The fraction of sp³-hybridized carbons (Fsp3) is 0.545. The Kier molecular flexibility index (Phi) is 4.53. The molecule has 0 aliphatic rings. The highest BCUT2D eigenvalue weighted by Gasteiger charge is 2.20. The van der Waals surface area contributed by atoms with Gasteiger partial charge in [-0.05, 0) is 33.2 Å². The first-order valence-corrected chi connectivity index (χ1v) is 5.49. The van der Waals surface area contributed by atoms with E-state index in [1.165, 1.54) is 0 Å². The van der Waals surface area contributed by atoms with Crippen LogP contribution in [-0.4, -0.2) is 47.8 Å². The number of anilines is 1. The maximum atomic E-state index is 10.0. The molecule has 0 aliphatic carbocycles. The summed E-state index contributed by atoms with van der Waals surface area (Å²) in [6.07, 6.45) is 1.57. The average molecular weight is 244 g/mol. The van der Waals surface area contributed by atoms with E-state index in [1.807, 2.05) is 19.0 Å². The lowest BCUT2D eigenvalue weighted by Gasteiger charge is -2.27. The predicted molar refractivity (Wildman–Crippen MR) is 66.9 cm³/mol. The molecule has 0 spiro atoms. The summed E-state index contributed by atoms with van der Waals surface area (Å²) in [7, 11) is 3.85. The maximum Gasteiger partial charge on any atom is 0.126 e. The van der Waals surface area contributed by atoms with Crippen LogP contribution >= 0.6 is 11.6 Å². The number of rotatable bonds is 5. The Morgan fingerprint density at radius 3 is 2.69 bits per heavy atom. The summed E-state index contributed by atoms with van der Waals surface area (Å²) >= 11 is 5.72. The number of hydrogen-bond acceptors (Lipinski definition) is 4. The molecule has 0 saturated heterocycles. The van der Waals surface area contributed by atoms with Crippen LogP contribution in [0.3, 0.4) is 0 Å². The molecule has 1 rings (SSSR count). The summed E-state index contributed by atoms with van der Waals surface area (Å²) in [5, 5.41) is 13.7. The van der Waals surface area contributed by atoms with Crippen molar-refractivity contribution in [3.05, 3.63) is 23.4 Å². The van der Waals surface area contributed by atoms with Crippen LogP contribution in [0.15, 0.2) is 18.3 Å². The molecular formula is C11H18ClN3O. The van der Waals surface area contributed by atoms with Gasteiger partial charge in [0.05, 0.1) is 10.6 Å². The second-order valence-electron chi connectivity index (χ2n) is 4.45. The Balaban J connectivity index is 2.47. The molecule has 16 heavy (non-hydrogen) atoms. The van der Waals surface area contributed by atoms with Crippen molar-refractivity contribution in [2.24, 2.45) is 0 Å². The van der Waals surface area contributed by atoms with Gasteiger partial charge in [0.25, 0.3) is 0 Å². The van der Waals surface area contributed by atoms with Gasteiger partial charge in [-0.25, -0.2) is 4.98 Å². The number of nitrogens with zero attached hydrogens (tertiary/aromatic N) is 2. The Hall–Kier alpha value is -0.840. The van der Waals surface area contributed by atoms with Crippen LogP contribution in [0.4, 0.5) is 5.82 Å². The Morgan fingerprint density at radius 1 is 1.50 bits per heavy atom. The molecule has 0 radical (unpaired) electrons. The number of aromatic nitrogens is 1. The topological polar surface area (TPSA) is 48.4 Å². The molecule has 1 aromatic rings. The fourth-order valence-electron chi connectivity index (χ4n) is 1.50. The molecular weight excluding hydrogens is 226 g/mol. The van der Waals surface area contributed by atoms with Gasteiger partial charge >= 0.3 is 0 Å². The summed E-state index contributed by atoms with van der Waals surface area (Å²) in [6.45, 7) is 2.82. The number of likely N-dealkylation sites (N-methyl/N-ethyl adjacent to an activating group) is 1. The predicted octanol–water partition coefficient (Wildman–Crippen LogP) is 1.46. The molecule has 0 aliphatic heterocycles. The minimum atomic E-state index is -0.787. The number of hydrogen-bond donors (Lipinski definition) is 2. The van der Waals surface area contributed by atoms with Crippen molar-refractivity contribution in [2.75, 3.05) is 32.5 Å². The molecule has 1 aromatic heterocycles. The van der Waals surface area contributed by atoms with Gasteiger partial charge in [-0.1, -0.05) is 11.6 Å². The maximum absolute atomic E-state index is 10.0. The van der Waals surface area contributed by atoms with Crippen molar-refractivity contribution in [3.8, 4) is 0 Å². The lowest BCUT2D eigenvalue weighted by molar-refractivity contribution is 0.0459. The summed E-state index contributed by atoms with van der Waals surface area (Å²) in [5.74, 6) is 0.712. The fourth-order valence-corrected chi connectivity index (χ4v) is 1.61. The van der Waals surface area contributed by atoms with Crippen molar-refractivity contribution < 1.29 is 5.11 Å². The van der Waals surface area contributed by atoms with Gasteiger partial charge in [-0.3, -0.25) is 0 Å². The van der Waals surface area contributed by atoms with Crippen molar-refractivity contribution in [1.82, 2.24) is 9.88 Å². The van der Waals surface area contributed by atoms with Gasteiger partial charge in [-0.2, -0.15) is 0 Å². The number of nitrogens with one attached hydrogen (secondary N) is 1. The van der Waals surface area contributed by atoms with Crippen LogP contribution < -0.4 is 5.32 Å². The molecule has 0 fully saturated rings. The van der Waals surface area contributed by atoms with E-state index >= 15 is 0 Å². The van der Waals surface area contributed by atoms with E-state index in [-0.39, 0.29) is 0 Å². The van der Waals surface area contributed by atoms with Gasteiger partial charge in [0, 0.05) is 19.3 Å². The third-order valence-electron chi connectivity index (χ3n) is 2.03. The molecule has 1 unspecified atom stereocenters. The van der Waals surface area contributed by atoms with Gasteiger partial charge in [-0.15, -0.1) is 0 Å². The van der Waals surface area contributed by atoms with Crippen LogP contribution in [0.2, 0.25) is 5.02 Å². The first-order valence-electron chi connectivity index (χ1n) is 5.12. The lowest BCUT2D eigenvalue weighted by Crippen LogP contribution is -2.43. The smallest absolute Gasteiger partial charge is 0.126 e. The highest BCUT2D eigenvalue weighted by Crippen LogP contribution is 2.11.